The fraction of sp³-hybridized carbons (Fsp3) is 0.333. The first-order chi connectivity index (χ1) is 6.41. The summed E-state index contributed by atoms with van der Waals surface area (Å²) in [5, 5.41) is 0. The Hall–Kier alpha value is -1.31. The lowest BCUT2D eigenvalue weighted by Crippen LogP contribution is -2.25. The molecule has 0 aliphatic carbocycles. The van der Waals surface area contributed by atoms with Crippen LogP contribution in [0, 0.1) is 12.3 Å². The van der Waals surface area contributed by atoms with Gasteiger partial charge in [0.2, 0.25) is 0 Å². The molecule has 2 heteroatoms. The zero-order chi connectivity index (χ0) is 10.8. The zero-order valence-electron chi connectivity index (χ0n) is 8.83. The summed E-state index contributed by atoms with van der Waals surface area (Å²) in [5.74, 6) is 0.293. The molecule has 0 saturated heterocycles. The molecule has 0 aliphatic rings. The highest BCUT2D eigenvalue weighted by Crippen LogP contribution is 2.21. The van der Waals surface area contributed by atoms with Crippen molar-refractivity contribution in [3.05, 3.63) is 36.8 Å². The van der Waals surface area contributed by atoms with Crippen molar-refractivity contribution in [1.29, 1.82) is 0 Å². The molecule has 1 radical (unpaired) electrons. The summed E-state index contributed by atoms with van der Waals surface area (Å²) in [4.78, 5) is 11.5. The van der Waals surface area contributed by atoms with Crippen molar-refractivity contribution in [2.45, 2.75) is 20.8 Å². The van der Waals surface area contributed by atoms with Gasteiger partial charge < -0.3 is 4.74 Å². The number of benzene rings is 1. The quantitative estimate of drug-likeness (QED) is 0.504. The molecule has 1 aromatic carbocycles. The van der Waals surface area contributed by atoms with Gasteiger partial charge >= 0.3 is 5.97 Å². The average Bonchev–Trinajstić information content (AvgIpc) is 2.07. The van der Waals surface area contributed by atoms with E-state index in [1.54, 1.807) is 6.07 Å². The Morgan fingerprint density at radius 2 is 1.86 bits per heavy atom. The van der Waals surface area contributed by atoms with Crippen LogP contribution in [0.15, 0.2) is 24.3 Å². The molecule has 0 aliphatic heterocycles. The van der Waals surface area contributed by atoms with Crippen LogP contribution in [0.4, 0.5) is 0 Å². The van der Waals surface area contributed by atoms with Gasteiger partial charge in [-0.15, -0.1) is 0 Å². The average molecular weight is 191 g/mol. The smallest absolute Gasteiger partial charge is 0.316 e. The highest BCUT2D eigenvalue weighted by molar-refractivity contribution is 5.78. The molecule has 0 atom stereocenters. The van der Waals surface area contributed by atoms with Crippen LogP contribution >= 0.6 is 0 Å². The monoisotopic (exact) mass is 191 g/mol. The molecule has 0 amide bonds. The van der Waals surface area contributed by atoms with Crippen LogP contribution in [0.5, 0.6) is 5.75 Å². The van der Waals surface area contributed by atoms with Crippen LogP contribution in [0.2, 0.25) is 0 Å². The van der Waals surface area contributed by atoms with Crippen LogP contribution in [-0.2, 0) is 4.79 Å². The van der Waals surface area contributed by atoms with Gasteiger partial charge in [0.05, 0.1) is 5.41 Å². The highest BCUT2D eigenvalue weighted by atomic mass is 16.5. The summed E-state index contributed by atoms with van der Waals surface area (Å²) in [5.41, 5.74) is 0.243. The summed E-state index contributed by atoms with van der Waals surface area (Å²) in [7, 11) is 0. The van der Waals surface area contributed by atoms with E-state index in [0.29, 0.717) is 5.75 Å². The summed E-state index contributed by atoms with van der Waals surface area (Å²) in [6, 6.07) is 7.23. The van der Waals surface area contributed by atoms with Crippen molar-refractivity contribution in [3.63, 3.8) is 0 Å². The maximum Gasteiger partial charge on any atom is 0.316 e. The Morgan fingerprint density at radius 3 is 2.36 bits per heavy atom. The molecular formula is C12H15O2. The molecule has 0 aromatic heterocycles. The van der Waals surface area contributed by atoms with E-state index in [4.69, 9.17) is 4.74 Å². The van der Waals surface area contributed by atoms with Crippen LogP contribution in [0.3, 0.4) is 0 Å². The van der Waals surface area contributed by atoms with E-state index in [1.807, 2.05) is 39.0 Å². The Balaban J connectivity index is 2.80. The predicted molar refractivity (Wildman–Crippen MR) is 56.0 cm³/mol. The first-order valence-electron chi connectivity index (χ1n) is 4.54. The molecule has 1 rings (SSSR count). The number of rotatable bonds is 1. The molecular weight excluding hydrogens is 176 g/mol. The van der Waals surface area contributed by atoms with Gasteiger partial charge in [-0.05, 0) is 39.3 Å². The molecule has 0 bridgehead atoms. The van der Waals surface area contributed by atoms with Gasteiger partial charge in [-0.2, -0.15) is 0 Å². The molecule has 0 heterocycles. The van der Waals surface area contributed by atoms with Crippen LogP contribution in [0.1, 0.15) is 26.3 Å². The maximum atomic E-state index is 11.5. The molecule has 0 saturated carbocycles. The third-order valence-electron chi connectivity index (χ3n) is 1.79. The van der Waals surface area contributed by atoms with Gasteiger partial charge in [-0.25, -0.2) is 0 Å². The molecule has 0 unspecified atom stereocenters. The minimum atomic E-state index is -0.484. The second kappa shape index (κ2) is 3.82. The van der Waals surface area contributed by atoms with E-state index in [9.17, 15) is 4.79 Å². The fourth-order valence-electron chi connectivity index (χ4n) is 0.856. The molecule has 75 valence electrons. The fourth-order valence-corrected chi connectivity index (χ4v) is 0.856. The van der Waals surface area contributed by atoms with Crippen molar-refractivity contribution in [1.82, 2.24) is 0 Å². The maximum absolute atomic E-state index is 11.5. The normalized spacial score (nSPS) is 11.1. The number of carbonyl (C=O) groups is 1. The number of para-hydroxylation sites is 1. The summed E-state index contributed by atoms with van der Waals surface area (Å²) < 4.78 is 5.21. The van der Waals surface area contributed by atoms with E-state index in [0.717, 1.165) is 5.56 Å². The first-order valence-corrected chi connectivity index (χ1v) is 4.54. The molecule has 14 heavy (non-hydrogen) atoms. The van der Waals surface area contributed by atoms with Crippen molar-refractivity contribution in [3.8, 4) is 5.75 Å². The topological polar surface area (TPSA) is 26.3 Å². The first kappa shape index (κ1) is 10.8. The SMILES string of the molecule is [CH2]c1ccccc1OC(=O)C(C)(C)C. The van der Waals surface area contributed by atoms with Gasteiger partial charge in [0, 0.05) is 0 Å². The van der Waals surface area contributed by atoms with Gasteiger partial charge in [-0.1, -0.05) is 18.2 Å². The minimum absolute atomic E-state index is 0.242. The number of hydrogen-bond donors (Lipinski definition) is 0. The molecule has 1 aromatic rings. The van der Waals surface area contributed by atoms with Gasteiger partial charge in [0.25, 0.3) is 0 Å². The Kier molecular flexibility index (Phi) is 2.94. The highest BCUT2D eigenvalue weighted by Gasteiger charge is 2.23. The third-order valence-corrected chi connectivity index (χ3v) is 1.79. The molecule has 0 N–H and O–H groups in total. The van der Waals surface area contributed by atoms with Crippen LogP contribution in [0.25, 0.3) is 0 Å². The molecule has 0 fully saturated rings. The number of ether oxygens (including phenoxy) is 1. The van der Waals surface area contributed by atoms with Gasteiger partial charge in [0.15, 0.2) is 0 Å². The van der Waals surface area contributed by atoms with Crippen LogP contribution in [-0.4, -0.2) is 5.97 Å². The lowest BCUT2D eigenvalue weighted by molar-refractivity contribution is -0.143. The van der Waals surface area contributed by atoms with Crippen molar-refractivity contribution < 1.29 is 9.53 Å². The van der Waals surface area contributed by atoms with E-state index >= 15 is 0 Å². The number of esters is 1. The lowest BCUT2D eigenvalue weighted by Gasteiger charge is -2.17. The third kappa shape index (κ3) is 2.59. The van der Waals surface area contributed by atoms with Crippen LogP contribution < -0.4 is 4.74 Å². The standard InChI is InChI=1S/C12H15O2/c1-9-7-5-6-8-10(9)14-11(13)12(2,3)4/h5-8H,1H2,2-4H3. The largest absolute Gasteiger partial charge is 0.426 e. The lowest BCUT2D eigenvalue weighted by atomic mass is 9.97. The predicted octanol–water partition coefficient (Wildman–Crippen LogP) is 2.82. The van der Waals surface area contributed by atoms with Gasteiger partial charge in [0.1, 0.15) is 5.75 Å². The second-order valence-electron chi connectivity index (χ2n) is 4.25. The minimum Gasteiger partial charge on any atom is -0.426 e. The van der Waals surface area contributed by atoms with Crippen molar-refractivity contribution in [2.24, 2.45) is 5.41 Å². The number of carbonyl (C=O) groups excluding carboxylic acids is 1. The zero-order valence-corrected chi connectivity index (χ0v) is 8.83. The second-order valence-corrected chi connectivity index (χ2v) is 4.25. The van der Waals surface area contributed by atoms with E-state index in [-0.39, 0.29) is 5.97 Å². The molecule has 0 spiro atoms. The van der Waals surface area contributed by atoms with Gasteiger partial charge in [-0.3, -0.25) is 4.79 Å². The summed E-state index contributed by atoms with van der Waals surface area (Å²) in [6.07, 6.45) is 0. The van der Waals surface area contributed by atoms with E-state index in [1.165, 1.54) is 0 Å². The Morgan fingerprint density at radius 1 is 1.29 bits per heavy atom. The van der Waals surface area contributed by atoms with E-state index < -0.39 is 5.41 Å². The summed E-state index contributed by atoms with van der Waals surface area (Å²) in [6.45, 7) is 9.24. The molecule has 2 nitrogen and oxygen atoms in total. The Labute approximate surface area is 84.9 Å². The van der Waals surface area contributed by atoms with Crippen molar-refractivity contribution in [2.75, 3.05) is 0 Å². The summed E-state index contributed by atoms with van der Waals surface area (Å²) >= 11 is 0. The van der Waals surface area contributed by atoms with Crippen molar-refractivity contribution >= 4 is 5.97 Å². The van der Waals surface area contributed by atoms with E-state index in [2.05, 4.69) is 6.92 Å². The Bertz CT molecular complexity index is 334. The number of hydrogen-bond acceptors (Lipinski definition) is 2.